The highest BCUT2D eigenvalue weighted by Crippen LogP contribution is 2.36. The molecule has 2 aliphatic heterocycles. The zero-order valence-corrected chi connectivity index (χ0v) is 12.3. The molecule has 1 unspecified atom stereocenters. The highest BCUT2D eigenvalue weighted by atomic mass is 32.2. The maximum absolute atomic E-state index is 12.3. The van der Waals surface area contributed by atoms with Crippen LogP contribution in [0.5, 0.6) is 0 Å². The number of amides is 2. The first-order valence-electron chi connectivity index (χ1n) is 6.82. The molecule has 6 heteroatoms. The van der Waals surface area contributed by atoms with Crippen LogP contribution in [0, 0.1) is 11.3 Å². The maximum atomic E-state index is 12.3. The predicted molar refractivity (Wildman–Crippen MR) is 71.1 cm³/mol. The first kappa shape index (κ1) is 14.5. The largest absolute Gasteiger partial charge is 0.282 e. The van der Waals surface area contributed by atoms with Gasteiger partial charge in [0.25, 0.3) is 0 Å². The lowest BCUT2D eigenvalue weighted by Gasteiger charge is -2.27. The fourth-order valence-electron chi connectivity index (χ4n) is 2.78. The van der Waals surface area contributed by atoms with Crippen LogP contribution < -0.4 is 0 Å². The molecule has 0 aromatic rings. The lowest BCUT2D eigenvalue weighted by molar-refractivity contribution is -0.141. The Kier molecular flexibility index (Phi) is 3.73. The van der Waals surface area contributed by atoms with E-state index >= 15 is 0 Å². The molecule has 0 saturated carbocycles. The summed E-state index contributed by atoms with van der Waals surface area (Å²) in [5, 5.41) is 0. The number of sulfone groups is 1. The van der Waals surface area contributed by atoms with Crippen molar-refractivity contribution in [1.29, 1.82) is 0 Å². The van der Waals surface area contributed by atoms with Gasteiger partial charge in [0.15, 0.2) is 0 Å². The van der Waals surface area contributed by atoms with Crippen LogP contribution in [0.4, 0.5) is 0 Å². The Bertz CT molecular complexity index is 485. The van der Waals surface area contributed by atoms with Crippen LogP contribution in [0.1, 0.15) is 39.5 Å². The van der Waals surface area contributed by atoms with E-state index in [1.165, 1.54) is 4.90 Å². The molecule has 0 radical (unpaired) electrons. The molecule has 0 spiro atoms. The lowest BCUT2D eigenvalue weighted by atomic mass is 9.86. The average molecular weight is 287 g/mol. The average Bonchev–Trinajstić information content (AvgIpc) is 2.56. The number of rotatable bonds is 3. The topological polar surface area (TPSA) is 71.5 Å². The van der Waals surface area contributed by atoms with Crippen molar-refractivity contribution in [1.82, 2.24) is 4.90 Å². The van der Waals surface area contributed by atoms with E-state index in [-0.39, 0.29) is 35.7 Å². The molecular weight excluding hydrogens is 266 g/mol. The van der Waals surface area contributed by atoms with Gasteiger partial charge in [-0.1, -0.05) is 13.8 Å². The van der Waals surface area contributed by atoms with Gasteiger partial charge in [0, 0.05) is 13.0 Å². The summed E-state index contributed by atoms with van der Waals surface area (Å²) in [6.45, 7) is 4.14. The molecule has 0 bridgehead atoms. The van der Waals surface area contributed by atoms with Gasteiger partial charge in [0.1, 0.15) is 9.84 Å². The number of carbonyl (C=O) groups is 2. The maximum Gasteiger partial charge on any atom is 0.235 e. The van der Waals surface area contributed by atoms with Crippen LogP contribution in [0.25, 0.3) is 0 Å². The molecule has 0 aromatic heterocycles. The minimum Gasteiger partial charge on any atom is -0.282 e. The van der Waals surface area contributed by atoms with Crippen LogP contribution >= 0.6 is 0 Å². The molecule has 2 amide bonds. The Morgan fingerprint density at radius 3 is 2.32 bits per heavy atom. The molecule has 2 fully saturated rings. The predicted octanol–water partition coefficient (Wildman–Crippen LogP) is 0.986. The second-order valence-electron chi connectivity index (χ2n) is 6.00. The number of likely N-dealkylation sites (tertiary alicyclic amines) is 1. The second-order valence-corrected chi connectivity index (χ2v) is 8.30. The van der Waals surface area contributed by atoms with Crippen molar-refractivity contribution in [3.63, 3.8) is 0 Å². The van der Waals surface area contributed by atoms with Gasteiger partial charge in [-0.15, -0.1) is 0 Å². The zero-order chi connectivity index (χ0) is 14.3. The Labute approximate surface area is 114 Å². The van der Waals surface area contributed by atoms with Gasteiger partial charge >= 0.3 is 0 Å². The molecule has 5 nitrogen and oxygen atoms in total. The van der Waals surface area contributed by atoms with Crippen LogP contribution in [0.2, 0.25) is 0 Å². The van der Waals surface area contributed by atoms with Crippen molar-refractivity contribution in [2.45, 2.75) is 39.5 Å². The molecule has 2 aliphatic rings. The summed E-state index contributed by atoms with van der Waals surface area (Å²) in [5.41, 5.74) is -0.558. The summed E-state index contributed by atoms with van der Waals surface area (Å²) >= 11 is 0. The van der Waals surface area contributed by atoms with Gasteiger partial charge in [-0.25, -0.2) is 8.42 Å². The van der Waals surface area contributed by atoms with Crippen molar-refractivity contribution < 1.29 is 18.0 Å². The number of imide groups is 1. The van der Waals surface area contributed by atoms with E-state index in [2.05, 4.69) is 0 Å². The molecule has 1 atom stereocenters. The molecule has 0 aromatic carbocycles. The molecule has 2 saturated heterocycles. The standard InChI is InChI=1S/C13H21NO4S/c1-3-13(2)8-11(15)14(12(13)16)9-10-4-6-19(17,18)7-5-10/h10H,3-9H2,1-2H3. The first-order valence-corrected chi connectivity index (χ1v) is 8.65. The third-order valence-electron chi connectivity index (χ3n) is 4.50. The van der Waals surface area contributed by atoms with Gasteiger partial charge in [-0.3, -0.25) is 14.5 Å². The number of hydrogen-bond donors (Lipinski definition) is 0. The fourth-order valence-corrected chi connectivity index (χ4v) is 4.37. The van der Waals surface area contributed by atoms with E-state index in [9.17, 15) is 18.0 Å². The number of hydrogen-bond acceptors (Lipinski definition) is 4. The Morgan fingerprint density at radius 2 is 1.84 bits per heavy atom. The highest BCUT2D eigenvalue weighted by Gasteiger charge is 2.47. The molecular formula is C13H21NO4S. The van der Waals surface area contributed by atoms with Gasteiger partial charge in [0.2, 0.25) is 11.8 Å². The number of carbonyl (C=O) groups excluding carboxylic acids is 2. The SMILES string of the molecule is CCC1(C)CC(=O)N(CC2CCS(=O)(=O)CC2)C1=O. The molecule has 0 N–H and O–H groups in total. The van der Waals surface area contributed by atoms with Gasteiger partial charge in [-0.05, 0) is 25.2 Å². The van der Waals surface area contributed by atoms with Crippen molar-refractivity contribution in [2.75, 3.05) is 18.1 Å². The lowest BCUT2D eigenvalue weighted by Crippen LogP contribution is -2.39. The van der Waals surface area contributed by atoms with E-state index in [1.54, 1.807) is 0 Å². The van der Waals surface area contributed by atoms with Gasteiger partial charge in [-0.2, -0.15) is 0 Å². The van der Waals surface area contributed by atoms with Crippen LogP contribution in [0.3, 0.4) is 0 Å². The van der Waals surface area contributed by atoms with Crippen molar-refractivity contribution in [3.8, 4) is 0 Å². The summed E-state index contributed by atoms with van der Waals surface area (Å²) in [4.78, 5) is 25.6. The highest BCUT2D eigenvalue weighted by molar-refractivity contribution is 7.91. The normalized spacial score (nSPS) is 32.0. The van der Waals surface area contributed by atoms with Crippen LogP contribution in [-0.4, -0.2) is 43.2 Å². The minimum atomic E-state index is -2.89. The second kappa shape index (κ2) is 4.89. The van der Waals surface area contributed by atoms with Crippen molar-refractivity contribution in [2.24, 2.45) is 11.3 Å². The van der Waals surface area contributed by atoms with Crippen LogP contribution in [-0.2, 0) is 19.4 Å². The smallest absolute Gasteiger partial charge is 0.235 e. The van der Waals surface area contributed by atoms with E-state index in [4.69, 9.17) is 0 Å². The summed E-state index contributed by atoms with van der Waals surface area (Å²) in [6, 6.07) is 0. The van der Waals surface area contributed by atoms with Gasteiger partial charge < -0.3 is 0 Å². The first-order chi connectivity index (χ1) is 8.77. The molecule has 0 aliphatic carbocycles. The summed E-state index contributed by atoms with van der Waals surface area (Å²) in [5.74, 6) is 0.296. The monoisotopic (exact) mass is 287 g/mol. The Balaban J connectivity index is 2.01. The van der Waals surface area contributed by atoms with Gasteiger partial charge in [0.05, 0.1) is 16.9 Å². The Morgan fingerprint density at radius 1 is 1.26 bits per heavy atom. The Hall–Kier alpha value is -0.910. The third-order valence-corrected chi connectivity index (χ3v) is 6.21. The molecule has 2 rings (SSSR count). The molecule has 19 heavy (non-hydrogen) atoms. The van der Waals surface area contributed by atoms with Crippen molar-refractivity contribution in [3.05, 3.63) is 0 Å². The van der Waals surface area contributed by atoms with Crippen LogP contribution in [0.15, 0.2) is 0 Å². The summed E-state index contributed by atoms with van der Waals surface area (Å²) < 4.78 is 22.7. The quantitative estimate of drug-likeness (QED) is 0.726. The van der Waals surface area contributed by atoms with E-state index in [0.29, 0.717) is 25.8 Å². The third kappa shape index (κ3) is 2.83. The fraction of sp³-hybridized carbons (Fsp3) is 0.846. The van der Waals surface area contributed by atoms with E-state index in [0.717, 1.165) is 0 Å². The van der Waals surface area contributed by atoms with E-state index < -0.39 is 15.3 Å². The molecule has 2 heterocycles. The summed E-state index contributed by atoms with van der Waals surface area (Å²) in [6.07, 6.45) is 2.06. The molecule has 108 valence electrons. The minimum absolute atomic E-state index is 0.0894. The zero-order valence-electron chi connectivity index (χ0n) is 11.5. The summed E-state index contributed by atoms with van der Waals surface area (Å²) in [7, 11) is -2.89. The van der Waals surface area contributed by atoms with E-state index in [1.807, 2.05) is 13.8 Å². The van der Waals surface area contributed by atoms with Crippen molar-refractivity contribution >= 4 is 21.7 Å². The number of nitrogens with zero attached hydrogens (tertiary/aromatic N) is 1.